The Balaban J connectivity index is 2.14. The molecule has 2 saturated heterocycles. The van der Waals surface area contributed by atoms with Gasteiger partial charge in [-0.15, -0.1) is 0 Å². The van der Waals surface area contributed by atoms with Crippen LogP contribution in [-0.2, 0) is 9.53 Å². The molecule has 2 rings (SSSR count). The lowest BCUT2D eigenvalue weighted by molar-refractivity contribution is -0.127. The van der Waals surface area contributed by atoms with E-state index in [9.17, 15) is 9.59 Å². The Morgan fingerprint density at radius 3 is 2.93 bits per heavy atom. The minimum atomic E-state index is -0.246. The normalized spacial score (nSPS) is 34.4. The van der Waals surface area contributed by atoms with E-state index < -0.39 is 0 Å². The highest BCUT2D eigenvalue weighted by Crippen LogP contribution is 2.37. The summed E-state index contributed by atoms with van der Waals surface area (Å²) in [5.41, 5.74) is 0. The van der Waals surface area contributed by atoms with E-state index in [1.807, 2.05) is 6.92 Å². The largest absolute Gasteiger partial charge is 0.450 e. The van der Waals surface area contributed by atoms with Gasteiger partial charge in [0, 0.05) is 24.4 Å². The Labute approximate surface area is 89.6 Å². The van der Waals surface area contributed by atoms with Crippen LogP contribution in [0.5, 0.6) is 0 Å². The molecule has 3 atom stereocenters. The van der Waals surface area contributed by atoms with Crippen LogP contribution in [-0.4, -0.2) is 35.5 Å². The molecule has 2 bridgehead atoms. The first-order valence-corrected chi connectivity index (χ1v) is 5.63. The van der Waals surface area contributed by atoms with Crippen LogP contribution in [0.4, 0.5) is 4.79 Å². The number of hydrogen-bond acceptors (Lipinski definition) is 3. The van der Waals surface area contributed by atoms with Crippen molar-refractivity contribution in [2.45, 2.75) is 45.2 Å². The topological polar surface area (TPSA) is 46.6 Å². The molecule has 2 heterocycles. The smallest absolute Gasteiger partial charge is 0.410 e. The van der Waals surface area contributed by atoms with E-state index in [1.54, 1.807) is 11.8 Å². The van der Waals surface area contributed by atoms with Gasteiger partial charge in [-0.1, -0.05) is 6.92 Å². The lowest BCUT2D eigenvalue weighted by Crippen LogP contribution is -2.51. The van der Waals surface area contributed by atoms with Gasteiger partial charge in [0.1, 0.15) is 5.78 Å². The molecule has 0 aromatic carbocycles. The summed E-state index contributed by atoms with van der Waals surface area (Å²) in [6.45, 7) is 4.12. The second-order valence-electron chi connectivity index (χ2n) is 4.36. The summed E-state index contributed by atoms with van der Waals surface area (Å²) in [6.07, 6.45) is 2.15. The van der Waals surface area contributed by atoms with Crippen LogP contribution in [0.25, 0.3) is 0 Å². The number of piperidine rings is 1. The molecule has 4 nitrogen and oxygen atoms in total. The minimum absolute atomic E-state index is 0.0202. The third-order valence-corrected chi connectivity index (χ3v) is 3.55. The molecule has 2 aliphatic heterocycles. The minimum Gasteiger partial charge on any atom is -0.450 e. The highest BCUT2D eigenvalue weighted by molar-refractivity contribution is 5.85. The van der Waals surface area contributed by atoms with Gasteiger partial charge in [0.2, 0.25) is 0 Å². The number of carbonyl (C=O) groups excluding carboxylic acids is 2. The van der Waals surface area contributed by atoms with Gasteiger partial charge in [-0.3, -0.25) is 4.79 Å². The van der Waals surface area contributed by atoms with E-state index in [1.165, 1.54) is 0 Å². The molecule has 0 spiro atoms. The van der Waals surface area contributed by atoms with Gasteiger partial charge >= 0.3 is 6.09 Å². The summed E-state index contributed by atoms with van der Waals surface area (Å²) >= 11 is 0. The molecule has 0 aliphatic carbocycles. The van der Waals surface area contributed by atoms with Crippen molar-refractivity contribution in [1.82, 2.24) is 4.90 Å². The second-order valence-corrected chi connectivity index (χ2v) is 4.36. The summed E-state index contributed by atoms with van der Waals surface area (Å²) in [5.74, 6) is 0.274. The first-order valence-electron chi connectivity index (χ1n) is 5.63. The Hall–Kier alpha value is -1.06. The van der Waals surface area contributed by atoms with Crippen LogP contribution in [0.3, 0.4) is 0 Å². The van der Waals surface area contributed by atoms with Crippen LogP contribution in [0.1, 0.15) is 33.1 Å². The fourth-order valence-electron chi connectivity index (χ4n) is 2.72. The van der Waals surface area contributed by atoms with E-state index in [2.05, 4.69) is 0 Å². The van der Waals surface area contributed by atoms with Crippen molar-refractivity contribution in [3.63, 3.8) is 0 Å². The Kier molecular flexibility index (Phi) is 2.67. The number of rotatable bonds is 1. The molecular weight excluding hydrogens is 194 g/mol. The first-order chi connectivity index (χ1) is 7.15. The van der Waals surface area contributed by atoms with Crippen LogP contribution >= 0.6 is 0 Å². The van der Waals surface area contributed by atoms with Crippen LogP contribution < -0.4 is 0 Å². The van der Waals surface area contributed by atoms with E-state index >= 15 is 0 Å². The Morgan fingerprint density at radius 1 is 1.53 bits per heavy atom. The average molecular weight is 211 g/mol. The van der Waals surface area contributed by atoms with Crippen molar-refractivity contribution in [3.05, 3.63) is 0 Å². The summed E-state index contributed by atoms with van der Waals surface area (Å²) in [5, 5.41) is 0. The summed E-state index contributed by atoms with van der Waals surface area (Å²) < 4.78 is 5.02. The van der Waals surface area contributed by atoms with E-state index in [0.29, 0.717) is 18.8 Å². The quantitative estimate of drug-likeness (QED) is 0.661. The molecule has 4 heteroatoms. The molecule has 15 heavy (non-hydrogen) atoms. The number of hydrogen-bond donors (Lipinski definition) is 0. The van der Waals surface area contributed by atoms with Crippen LogP contribution in [0, 0.1) is 5.92 Å². The van der Waals surface area contributed by atoms with Gasteiger partial charge in [0.15, 0.2) is 0 Å². The molecule has 1 amide bonds. The lowest BCUT2D eigenvalue weighted by Gasteiger charge is -2.36. The maximum absolute atomic E-state index is 11.7. The summed E-state index contributed by atoms with van der Waals surface area (Å²) in [6, 6.07) is 0.174. The number of ketones is 1. The van der Waals surface area contributed by atoms with Crippen molar-refractivity contribution in [2.75, 3.05) is 6.61 Å². The molecule has 0 aromatic rings. The lowest BCUT2D eigenvalue weighted by atomic mass is 9.91. The third kappa shape index (κ3) is 1.62. The number of amides is 1. The molecule has 0 unspecified atom stereocenters. The van der Waals surface area contributed by atoms with Crippen molar-refractivity contribution in [3.8, 4) is 0 Å². The predicted molar refractivity (Wildman–Crippen MR) is 54.5 cm³/mol. The number of fused-ring (bicyclic) bond motifs is 2. The van der Waals surface area contributed by atoms with Crippen molar-refractivity contribution in [1.29, 1.82) is 0 Å². The molecule has 0 N–H and O–H groups in total. The van der Waals surface area contributed by atoms with Gasteiger partial charge in [-0.05, 0) is 19.8 Å². The zero-order valence-electron chi connectivity index (χ0n) is 9.23. The number of nitrogens with zero attached hydrogens (tertiary/aromatic N) is 1. The maximum Gasteiger partial charge on any atom is 0.410 e. The predicted octanol–water partition coefficient (Wildman–Crippen LogP) is 1.58. The highest BCUT2D eigenvalue weighted by Gasteiger charge is 2.47. The van der Waals surface area contributed by atoms with Gasteiger partial charge in [0.05, 0.1) is 6.61 Å². The monoisotopic (exact) mass is 211 g/mol. The molecule has 0 saturated carbocycles. The average Bonchev–Trinajstić information content (AvgIpc) is 2.54. The van der Waals surface area contributed by atoms with E-state index in [4.69, 9.17) is 4.74 Å². The molecule has 2 aliphatic rings. The molecule has 84 valence electrons. The van der Waals surface area contributed by atoms with Crippen LogP contribution in [0.2, 0.25) is 0 Å². The standard InChI is InChI=1S/C11H17NO3/c1-3-15-11(14)12-8-4-5-9(12)7(2)10(13)6-8/h7-9H,3-6H2,1-2H3/t7-,8+,9-/m0/s1. The maximum atomic E-state index is 11.7. The SMILES string of the molecule is CCOC(=O)N1[C@@H]2CC[C@H]1[C@H](C)C(=O)C2. The first kappa shape index (κ1) is 10.5. The second kappa shape index (κ2) is 3.83. The van der Waals surface area contributed by atoms with E-state index in [-0.39, 0.29) is 24.1 Å². The highest BCUT2D eigenvalue weighted by atomic mass is 16.6. The van der Waals surface area contributed by atoms with Gasteiger partial charge in [-0.25, -0.2) is 4.79 Å². The molecule has 0 aromatic heterocycles. The van der Waals surface area contributed by atoms with Crippen molar-refractivity contribution < 1.29 is 14.3 Å². The van der Waals surface area contributed by atoms with Crippen molar-refractivity contribution in [2.24, 2.45) is 5.92 Å². The summed E-state index contributed by atoms with van der Waals surface area (Å²) in [4.78, 5) is 25.1. The van der Waals surface area contributed by atoms with Gasteiger partial charge < -0.3 is 9.64 Å². The fourth-order valence-corrected chi connectivity index (χ4v) is 2.72. The molecule has 0 radical (unpaired) electrons. The fraction of sp³-hybridized carbons (Fsp3) is 0.818. The zero-order valence-corrected chi connectivity index (χ0v) is 9.23. The number of Topliss-reactive ketones (excluding diaryl/α,β-unsaturated/α-hetero) is 1. The summed E-state index contributed by atoms with van der Waals surface area (Å²) in [7, 11) is 0. The van der Waals surface area contributed by atoms with Crippen LogP contribution in [0.15, 0.2) is 0 Å². The van der Waals surface area contributed by atoms with Crippen molar-refractivity contribution >= 4 is 11.9 Å². The number of carbonyl (C=O) groups is 2. The third-order valence-electron chi connectivity index (χ3n) is 3.55. The number of ether oxygens (including phenoxy) is 1. The van der Waals surface area contributed by atoms with Gasteiger partial charge in [-0.2, -0.15) is 0 Å². The zero-order chi connectivity index (χ0) is 11.0. The Bertz CT molecular complexity index is 290. The van der Waals surface area contributed by atoms with E-state index in [0.717, 1.165) is 12.8 Å². The molecule has 2 fully saturated rings. The Morgan fingerprint density at radius 2 is 2.27 bits per heavy atom. The molecular formula is C11H17NO3. The van der Waals surface area contributed by atoms with Gasteiger partial charge in [0.25, 0.3) is 0 Å².